The second kappa shape index (κ2) is 10.5. The Hall–Kier alpha value is -3.40. The van der Waals surface area contributed by atoms with E-state index in [1.54, 1.807) is 28.1 Å². The fourth-order valence-corrected chi connectivity index (χ4v) is 4.29. The third-order valence-electron chi connectivity index (χ3n) is 5.02. The zero-order valence-corrected chi connectivity index (χ0v) is 19.7. The molecular formula is C23H27N4O5S-. The molecule has 0 aliphatic heterocycles. The molecule has 0 unspecified atom stereocenters. The first kappa shape index (κ1) is 24.2. The van der Waals surface area contributed by atoms with Gasteiger partial charge in [0.1, 0.15) is 22.5 Å². The number of hydrogen-bond acceptors (Lipinski definition) is 7. The monoisotopic (exact) mass is 471 g/mol. The van der Waals surface area contributed by atoms with E-state index in [0.717, 1.165) is 12.8 Å². The number of pyridine rings is 1. The van der Waals surface area contributed by atoms with Crippen molar-refractivity contribution in [3.8, 4) is 16.3 Å². The fraction of sp³-hybridized carbons (Fsp3) is 0.391. The normalized spacial score (nSPS) is 11.2. The number of unbranched alkanes of at least 4 members (excludes halogenated alkanes) is 1. The Morgan fingerprint density at radius 1 is 1.30 bits per heavy atom. The van der Waals surface area contributed by atoms with Gasteiger partial charge in [0.15, 0.2) is 0 Å². The summed E-state index contributed by atoms with van der Waals surface area (Å²) in [6.07, 6.45) is 0.275. The van der Waals surface area contributed by atoms with Crippen molar-refractivity contribution in [2.45, 2.75) is 46.7 Å². The second-order valence-electron chi connectivity index (χ2n) is 8.09. The highest BCUT2D eigenvalue weighted by molar-refractivity contribution is 7.13. The lowest BCUT2D eigenvalue weighted by atomic mass is 10.0. The molecule has 2 aromatic heterocycles. The van der Waals surface area contributed by atoms with Gasteiger partial charge in [-0.3, -0.25) is 9.59 Å². The van der Waals surface area contributed by atoms with Crippen LogP contribution in [-0.2, 0) is 13.1 Å². The Morgan fingerprint density at radius 3 is 2.67 bits per heavy atom. The van der Waals surface area contributed by atoms with Crippen molar-refractivity contribution in [2.24, 2.45) is 11.7 Å². The molecule has 2 amide bonds. The summed E-state index contributed by atoms with van der Waals surface area (Å²) in [5.74, 6) is -0.0257. The highest BCUT2D eigenvalue weighted by Crippen LogP contribution is 2.33. The third-order valence-corrected chi connectivity index (χ3v) is 5.91. The molecule has 3 N–H and O–H groups in total. The van der Waals surface area contributed by atoms with Gasteiger partial charge in [0, 0.05) is 22.9 Å². The van der Waals surface area contributed by atoms with E-state index >= 15 is 0 Å². The van der Waals surface area contributed by atoms with Crippen LogP contribution >= 0.6 is 11.3 Å². The Kier molecular flexibility index (Phi) is 7.70. The lowest BCUT2D eigenvalue weighted by Gasteiger charge is -2.22. The van der Waals surface area contributed by atoms with Crippen molar-refractivity contribution in [3.63, 3.8) is 0 Å². The van der Waals surface area contributed by atoms with Gasteiger partial charge in [-0.1, -0.05) is 33.3 Å². The smallest absolute Gasteiger partial charge is 0.268 e. The minimum atomic E-state index is -1.44. The van der Waals surface area contributed by atoms with E-state index in [0.29, 0.717) is 45.9 Å². The second-order valence-corrected chi connectivity index (χ2v) is 8.95. The lowest BCUT2D eigenvalue weighted by molar-refractivity contribution is -0.251. The molecule has 0 fully saturated rings. The van der Waals surface area contributed by atoms with Gasteiger partial charge in [-0.05, 0) is 24.5 Å². The van der Waals surface area contributed by atoms with E-state index in [4.69, 9.17) is 10.5 Å². The van der Waals surface area contributed by atoms with Gasteiger partial charge in [-0.15, -0.1) is 11.3 Å². The van der Waals surface area contributed by atoms with Gasteiger partial charge in [0.25, 0.3) is 11.5 Å². The average molecular weight is 472 g/mol. The molecule has 0 aliphatic carbocycles. The SMILES string of the molecule is CCCCOc1c(CNC(=O)[O-])n(CC(C)C)c(=O)c2ccc(-c3nc(C(N)=O)cs3)cc12. The number of rotatable bonds is 10. The first-order chi connectivity index (χ1) is 15.7. The van der Waals surface area contributed by atoms with Gasteiger partial charge < -0.3 is 30.3 Å². The summed E-state index contributed by atoms with van der Waals surface area (Å²) < 4.78 is 7.70. The van der Waals surface area contributed by atoms with Crippen LogP contribution in [0, 0.1) is 5.92 Å². The summed E-state index contributed by atoms with van der Waals surface area (Å²) >= 11 is 1.27. The third kappa shape index (κ3) is 5.51. The minimum absolute atomic E-state index is 0.130. The largest absolute Gasteiger partial charge is 0.530 e. The topological polar surface area (TPSA) is 139 Å². The molecule has 0 aliphatic rings. The molecule has 0 saturated carbocycles. The van der Waals surface area contributed by atoms with E-state index in [1.807, 2.05) is 20.8 Å². The summed E-state index contributed by atoms with van der Waals surface area (Å²) in [6.45, 7) is 6.68. The first-order valence-electron chi connectivity index (χ1n) is 10.8. The molecule has 3 aromatic rings. The van der Waals surface area contributed by atoms with Crippen molar-refractivity contribution in [1.82, 2.24) is 14.9 Å². The number of hydrogen-bond donors (Lipinski definition) is 2. The predicted molar refractivity (Wildman–Crippen MR) is 125 cm³/mol. The van der Waals surface area contributed by atoms with E-state index < -0.39 is 12.0 Å². The fourth-order valence-electron chi connectivity index (χ4n) is 3.49. The molecule has 0 atom stereocenters. The molecule has 33 heavy (non-hydrogen) atoms. The van der Waals surface area contributed by atoms with E-state index in [1.165, 1.54) is 11.3 Å². The molecule has 0 bridgehead atoms. The number of nitrogens with one attached hydrogen (secondary N) is 1. The number of primary amides is 1. The summed E-state index contributed by atoms with van der Waals surface area (Å²) in [5.41, 5.74) is 6.39. The molecule has 0 radical (unpaired) electrons. The van der Waals surface area contributed by atoms with Gasteiger partial charge in [0.05, 0.1) is 24.2 Å². The van der Waals surface area contributed by atoms with Crippen molar-refractivity contribution in [1.29, 1.82) is 0 Å². The van der Waals surface area contributed by atoms with Gasteiger partial charge >= 0.3 is 0 Å². The number of ether oxygens (including phenoxy) is 1. The number of carbonyl (C=O) groups is 2. The Labute approximate surface area is 195 Å². The van der Waals surface area contributed by atoms with Crippen LogP contribution in [0.25, 0.3) is 21.3 Å². The van der Waals surface area contributed by atoms with Crippen molar-refractivity contribution in [2.75, 3.05) is 6.61 Å². The quantitative estimate of drug-likeness (QED) is 0.436. The lowest BCUT2D eigenvalue weighted by Crippen LogP contribution is -2.38. The van der Waals surface area contributed by atoms with Crippen LogP contribution in [0.5, 0.6) is 5.75 Å². The Bertz CT molecular complexity index is 1230. The summed E-state index contributed by atoms with van der Waals surface area (Å²) in [6, 6.07) is 5.25. The molecule has 176 valence electrons. The summed E-state index contributed by atoms with van der Waals surface area (Å²) in [4.78, 5) is 40.2. The van der Waals surface area contributed by atoms with Crippen LogP contribution in [0.2, 0.25) is 0 Å². The highest BCUT2D eigenvalue weighted by atomic mass is 32.1. The molecular weight excluding hydrogens is 444 g/mol. The predicted octanol–water partition coefficient (Wildman–Crippen LogP) is 2.49. The van der Waals surface area contributed by atoms with Gasteiger partial charge in [-0.25, -0.2) is 4.98 Å². The number of fused-ring (bicyclic) bond motifs is 1. The number of thiazole rings is 1. The zero-order valence-electron chi connectivity index (χ0n) is 18.8. The molecule has 2 heterocycles. The van der Waals surface area contributed by atoms with Gasteiger partial charge in [-0.2, -0.15) is 0 Å². The maximum absolute atomic E-state index is 13.4. The summed E-state index contributed by atoms with van der Waals surface area (Å²) in [7, 11) is 0. The number of nitrogens with zero attached hydrogens (tertiary/aromatic N) is 2. The van der Waals surface area contributed by atoms with Crippen LogP contribution in [-0.4, -0.2) is 28.2 Å². The molecule has 3 rings (SSSR count). The van der Waals surface area contributed by atoms with E-state index in [9.17, 15) is 19.5 Å². The van der Waals surface area contributed by atoms with Crippen LogP contribution in [0.3, 0.4) is 0 Å². The maximum Gasteiger partial charge on any atom is 0.268 e. The molecule has 1 aromatic carbocycles. The maximum atomic E-state index is 13.4. The molecule has 0 spiro atoms. The van der Waals surface area contributed by atoms with Crippen LogP contribution in [0.4, 0.5) is 4.79 Å². The van der Waals surface area contributed by atoms with E-state index in [2.05, 4.69) is 10.3 Å². The van der Waals surface area contributed by atoms with Crippen molar-refractivity contribution >= 4 is 34.1 Å². The first-order valence-corrected chi connectivity index (χ1v) is 11.6. The van der Waals surface area contributed by atoms with Gasteiger partial charge in [0.2, 0.25) is 0 Å². The number of carboxylic acid groups (broad SMARTS) is 1. The number of benzene rings is 1. The standard InChI is InChI=1S/C23H28N4O5S/c1-4-5-8-32-19-16-9-14(21-26-17(12-33-21)20(24)28)6-7-15(16)22(29)27(11-13(2)3)18(19)10-25-23(30)31/h6-7,9,12-13,25H,4-5,8,10-11H2,1-3H3,(H2,24,28)(H,30,31)/p-1. The Morgan fingerprint density at radius 2 is 2.06 bits per heavy atom. The number of nitrogens with two attached hydrogens (primary N) is 1. The molecule has 0 saturated heterocycles. The molecule has 9 nitrogen and oxygen atoms in total. The average Bonchev–Trinajstić information content (AvgIpc) is 3.26. The number of amides is 2. The van der Waals surface area contributed by atoms with Crippen molar-refractivity contribution < 1.29 is 19.4 Å². The Balaban J connectivity index is 2.26. The van der Waals surface area contributed by atoms with Crippen LogP contribution < -0.4 is 26.5 Å². The van der Waals surface area contributed by atoms with Crippen LogP contribution in [0.15, 0.2) is 28.4 Å². The summed E-state index contributed by atoms with van der Waals surface area (Å²) in [5, 5.41) is 16.6. The highest BCUT2D eigenvalue weighted by Gasteiger charge is 2.20. The van der Waals surface area contributed by atoms with Crippen LogP contribution in [0.1, 0.15) is 49.8 Å². The number of carbonyl (C=O) groups excluding carboxylic acids is 2. The zero-order chi connectivity index (χ0) is 24.1. The molecule has 10 heteroatoms. The van der Waals surface area contributed by atoms with E-state index in [-0.39, 0.29) is 23.7 Å². The minimum Gasteiger partial charge on any atom is -0.530 e. The van der Waals surface area contributed by atoms with Crippen molar-refractivity contribution in [3.05, 3.63) is 45.3 Å². The number of aromatic nitrogens is 2.